The minimum atomic E-state index is -4.97. The molecule has 2 unspecified atom stereocenters. The SMILES string of the molecule is CCCCCCCCCCCCCCCCCCCCCCCCC(=O)O[C@H](COC(=O)CCCCCCCCCCCCCCCCCCC)COP(=O)(O)OC[C@@H](O)COP(=O)(O)OC[C@@H](COC(=O)CCCCCCCCCCC(C)C)OC(=O)CCCCCCCCCCCCCCCCCCC. The molecule has 0 rings (SSSR count). The van der Waals surface area contributed by atoms with Crippen LogP contribution in [-0.4, -0.2) is 96.7 Å². The highest BCUT2D eigenvalue weighted by atomic mass is 31.2. The number of aliphatic hydroxyl groups is 1. The molecule has 0 saturated heterocycles. The van der Waals surface area contributed by atoms with Gasteiger partial charge in [-0.25, -0.2) is 9.13 Å². The van der Waals surface area contributed by atoms with Gasteiger partial charge in [0.1, 0.15) is 19.3 Å². The van der Waals surface area contributed by atoms with E-state index in [1.54, 1.807) is 0 Å². The van der Waals surface area contributed by atoms with E-state index in [-0.39, 0.29) is 25.7 Å². The van der Waals surface area contributed by atoms with Crippen LogP contribution in [0.25, 0.3) is 0 Å². The molecular formula is C88H172O17P2. The first-order chi connectivity index (χ1) is 52.0. The average Bonchev–Trinajstić information content (AvgIpc) is 0.908. The Kier molecular flexibility index (Phi) is 79.2. The van der Waals surface area contributed by atoms with Crippen LogP contribution in [0.5, 0.6) is 0 Å². The molecule has 0 bridgehead atoms. The van der Waals surface area contributed by atoms with Crippen LogP contribution in [0, 0.1) is 5.92 Å². The molecule has 0 radical (unpaired) electrons. The summed E-state index contributed by atoms with van der Waals surface area (Å²) in [5.41, 5.74) is 0. The Labute approximate surface area is 658 Å². The standard InChI is InChI=1S/C88H172O17P2/c1-6-9-12-15-18-21-24-27-30-33-34-35-36-37-40-43-46-49-52-59-64-69-73-87(92)104-83(77-98-85(90)71-66-61-56-50-47-44-41-38-31-28-25-22-19-16-13-10-7-2)79-102-106(94,95)100-75-82(89)76-101-107(96,97)103-80-84(78-99-86(91)72-67-62-57-54-53-55-60-65-70-81(4)5)105-88(93)74-68-63-58-51-48-45-42-39-32-29-26-23-20-17-14-11-8-3/h81-84,89H,6-80H2,1-5H3,(H,94,95)(H,96,97)/t82-,83-,84-/m1/s1. The summed E-state index contributed by atoms with van der Waals surface area (Å²) in [5, 5.41) is 10.7. The molecule has 0 aromatic heterocycles. The number of carbonyl (C=O) groups is 4. The summed E-state index contributed by atoms with van der Waals surface area (Å²) in [5.74, 6) is -1.37. The van der Waals surface area contributed by atoms with Crippen molar-refractivity contribution in [3.63, 3.8) is 0 Å². The molecule has 19 heteroatoms. The number of hydrogen-bond acceptors (Lipinski definition) is 15. The quantitative estimate of drug-likeness (QED) is 0.0222. The molecule has 636 valence electrons. The van der Waals surface area contributed by atoms with Crippen LogP contribution >= 0.6 is 15.6 Å². The fourth-order valence-electron chi connectivity index (χ4n) is 13.8. The van der Waals surface area contributed by atoms with Gasteiger partial charge in [0.05, 0.1) is 26.4 Å². The van der Waals surface area contributed by atoms with Crippen molar-refractivity contribution >= 4 is 39.5 Å². The molecule has 0 aromatic carbocycles. The van der Waals surface area contributed by atoms with Crippen molar-refractivity contribution in [2.45, 2.75) is 496 Å². The van der Waals surface area contributed by atoms with Crippen LogP contribution < -0.4 is 0 Å². The highest BCUT2D eigenvalue weighted by Gasteiger charge is 2.30. The van der Waals surface area contributed by atoms with Gasteiger partial charge in [0.25, 0.3) is 0 Å². The van der Waals surface area contributed by atoms with Gasteiger partial charge < -0.3 is 33.8 Å². The van der Waals surface area contributed by atoms with E-state index in [1.807, 2.05) is 0 Å². The van der Waals surface area contributed by atoms with E-state index in [9.17, 15) is 43.2 Å². The topological polar surface area (TPSA) is 237 Å². The number of rotatable bonds is 88. The molecule has 17 nitrogen and oxygen atoms in total. The summed E-state index contributed by atoms with van der Waals surface area (Å²) in [6.07, 6.45) is 75.1. The van der Waals surface area contributed by atoms with Gasteiger partial charge >= 0.3 is 39.5 Å². The van der Waals surface area contributed by atoms with Gasteiger partial charge in [-0.15, -0.1) is 0 Å². The third kappa shape index (κ3) is 81.9. The number of phosphoric ester groups is 2. The van der Waals surface area contributed by atoms with Crippen LogP contribution in [0.2, 0.25) is 0 Å². The van der Waals surface area contributed by atoms with Gasteiger partial charge in [-0.1, -0.05) is 426 Å². The van der Waals surface area contributed by atoms with Crippen LogP contribution in [0.4, 0.5) is 0 Å². The first kappa shape index (κ1) is 105. The smallest absolute Gasteiger partial charge is 0.462 e. The summed E-state index contributed by atoms with van der Waals surface area (Å²) in [6, 6.07) is 0. The second kappa shape index (κ2) is 80.7. The van der Waals surface area contributed by atoms with E-state index in [4.69, 9.17) is 37.0 Å². The van der Waals surface area contributed by atoms with Crippen molar-refractivity contribution in [3.05, 3.63) is 0 Å². The lowest BCUT2D eigenvalue weighted by Crippen LogP contribution is -2.30. The van der Waals surface area contributed by atoms with Crippen molar-refractivity contribution in [1.29, 1.82) is 0 Å². The summed E-state index contributed by atoms with van der Waals surface area (Å²) in [6.45, 7) is 7.34. The Morgan fingerprint density at radius 3 is 0.636 bits per heavy atom. The molecule has 0 saturated carbocycles. The Morgan fingerprint density at radius 2 is 0.430 bits per heavy atom. The van der Waals surface area contributed by atoms with E-state index in [0.29, 0.717) is 25.7 Å². The molecular weight excluding hydrogens is 1390 g/mol. The number of unbranched alkanes of at least 4 members (excludes halogenated alkanes) is 60. The summed E-state index contributed by atoms with van der Waals surface area (Å²) in [7, 11) is -9.93. The predicted molar refractivity (Wildman–Crippen MR) is 442 cm³/mol. The van der Waals surface area contributed by atoms with E-state index in [2.05, 4.69) is 34.6 Å². The largest absolute Gasteiger partial charge is 0.472 e. The molecule has 0 aliphatic rings. The molecule has 5 atom stereocenters. The lowest BCUT2D eigenvalue weighted by Gasteiger charge is -2.21. The van der Waals surface area contributed by atoms with Crippen LogP contribution in [0.15, 0.2) is 0 Å². The molecule has 0 aromatic rings. The fraction of sp³-hybridized carbons (Fsp3) is 0.955. The van der Waals surface area contributed by atoms with Crippen molar-refractivity contribution in [2.75, 3.05) is 39.6 Å². The molecule has 0 amide bonds. The molecule has 0 spiro atoms. The first-order valence-electron chi connectivity index (χ1n) is 45.6. The Bertz CT molecular complexity index is 2030. The molecule has 0 fully saturated rings. The van der Waals surface area contributed by atoms with Gasteiger partial charge in [0.15, 0.2) is 12.2 Å². The van der Waals surface area contributed by atoms with Crippen molar-refractivity contribution < 1.29 is 80.2 Å². The normalized spacial score (nSPS) is 13.7. The van der Waals surface area contributed by atoms with Gasteiger partial charge in [-0.3, -0.25) is 37.3 Å². The minimum Gasteiger partial charge on any atom is -0.462 e. The number of phosphoric acid groups is 2. The number of esters is 4. The molecule has 0 aliphatic heterocycles. The van der Waals surface area contributed by atoms with Crippen molar-refractivity contribution in [1.82, 2.24) is 0 Å². The summed E-state index contributed by atoms with van der Waals surface area (Å²) in [4.78, 5) is 73.3. The van der Waals surface area contributed by atoms with E-state index < -0.39 is 97.5 Å². The molecule has 0 heterocycles. The molecule has 3 N–H and O–H groups in total. The maximum Gasteiger partial charge on any atom is 0.472 e. The van der Waals surface area contributed by atoms with Crippen LogP contribution in [0.1, 0.15) is 478 Å². The van der Waals surface area contributed by atoms with Gasteiger partial charge in [0, 0.05) is 25.7 Å². The van der Waals surface area contributed by atoms with E-state index in [0.717, 1.165) is 95.8 Å². The van der Waals surface area contributed by atoms with Crippen LogP contribution in [0.3, 0.4) is 0 Å². The maximum absolute atomic E-state index is 13.2. The maximum atomic E-state index is 13.2. The zero-order valence-corrected chi connectivity index (χ0v) is 72.1. The zero-order valence-electron chi connectivity index (χ0n) is 70.3. The van der Waals surface area contributed by atoms with E-state index in [1.165, 1.54) is 302 Å². The van der Waals surface area contributed by atoms with E-state index >= 15 is 0 Å². The Hall–Kier alpha value is -1.94. The van der Waals surface area contributed by atoms with Gasteiger partial charge in [-0.2, -0.15) is 0 Å². The zero-order chi connectivity index (χ0) is 78.3. The summed E-state index contributed by atoms with van der Waals surface area (Å²) < 4.78 is 69.0. The Morgan fingerprint density at radius 1 is 0.252 bits per heavy atom. The summed E-state index contributed by atoms with van der Waals surface area (Å²) >= 11 is 0. The highest BCUT2D eigenvalue weighted by molar-refractivity contribution is 7.47. The fourth-order valence-corrected chi connectivity index (χ4v) is 15.4. The highest BCUT2D eigenvalue weighted by Crippen LogP contribution is 2.45. The lowest BCUT2D eigenvalue weighted by atomic mass is 10.0. The molecule has 0 aliphatic carbocycles. The second-order valence-electron chi connectivity index (χ2n) is 32.1. The third-order valence-electron chi connectivity index (χ3n) is 20.8. The van der Waals surface area contributed by atoms with Crippen molar-refractivity contribution in [3.8, 4) is 0 Å². The van der Waals surface area contributed by atoms with Gasteiger partial charge in [-0.05, 0) is 31.6 Å². The first-order valence-corrected chi connectivity index (χ1v) is 48.6. The third-order valence-corrected chi connectivity index (χ3v) is 22.7. The minimum absolute atomic E-state index is 0.108. The monoisotopic (exact) mass is 1560 g/mol. The van der Waals surface area contributed by atoms with Gasteiger partial charge in [0.2, 0.25) is 0 Å². The number of hydrogen-bond donors (Lipinski definition) is 3. The van der Waals surface area contributed by atoms with Crippen molar-refractivity contribution in [2.24, 2.45) is 5.92 Å². The van der Waals surface area contributed by atoms with Crippen LogP contribution in [-0.2, 0) is 65.4 Å². The number of carbonyl (C=O) groups excluding carboxylic acids is 4. The molecule has 107 heavy (non-hydrogen) atoms. The average molecular weight is 1560 g/mol. The Balaban J connectivity index is 5.23. The predicted octanol–water partition coefficient (Wildman–Crippen LogP) is 27.2. The lowest BCUT2D eigenvalue weighted by molar-refractivity contribution is -0.161. The second-order valence-corrected chi connectivity index (χ2v) is 35.0. The number of aliphatic hydroxyl groups excluding tert-OH is 1. The number of ether oxygens (including phenoxy) is 4.